The molecule has 121 heavy (non-hydrogen) atoms. The molecule has 0 N–H and O–H groups in total. The maximum absolute atomic E-state index is 13.6. The summed E-state index contributed by atoms with van der Waals surface area (Å²) in [5.41, 5.74) is 9.62. The Balaban J connectivity index is 0.000000139. The Hall–Kier alpha value is -7.08. The standard InChI is InChI=1S/C29H37F3.C28H35F3.C27H33F3.C25H29F3/c1-2-3-4-5-20-6-8-21(9-7-20)22-10-12-23(13-11-22)24-14-16-25(17-15-24)26-18-27(30)29(32)28(31)19-26;1-2-3-4-19-5-7-20(8-6-19)21-9-11-22(12-10-21)23-13-15-24(16-14-23)25-17-26(29)28(31)27(30)18-25;1-2-3-18-4-6-19(7-5-18)20-8-10-21(11-9-20)22-12-14-23(15-13-22)24-16-25(28)27(30)26(29)17-24;1-16-2-4-17(5-3-16)18-6-8-19(9-7-18)20-10-12-21(13-11-20)22-14-23(26)25(28)24(27)15-22/h14-23H,2-13H2,1H3;13-22H,2-12H2,1H3;12-21H,2-11H2,1H3;10-19H,2-9H2,1H3. The summed E-state index contributed by atoms with van der Waals surface area (Å²) in [5.74, 6) is -1.30. The van der Waals surface area contributed by atoms with Gasteiger partial charge in [-0.15, -0.1) is 0 Å². The second-order valence-electron chi connectivity index (χ2n) is 38.7. The van der Waals surface area contributed by atoms with Gasteiger partial charge in [-0.3, -0.25) is 0 Å². The normalized spacial score (nSPS) is 27.1. The van der Waals surface area contributed by atoms with E-state index in [9.17, 15) is 52.7 Å². The van der Waals surface area contributed by atoms with Crippen molar-refractivity contribution in [2.45, 2.75) is 315 Å². The summed E-state index contributed by atoms with van der Waals surface area (Å²) in [6, 6.07) is 40.4. The van der Waals surface area contributed by atoms with Crippen LogP contribution in [0.3, 0.4) is 0 Å². The van der Waals surface area contributed by atoms with Crippen molar-refractivity contribution >= 4 is 0 Å². The highest BCUT2D eigenvalue weighted by Crippen LogP contribution is 2.50. The lowest BCUT2D eigenvalue weighted by Gasteiger charge is -2.38. The second-order valence-corrected chi connectivity index (χ2v) is 38.7. The van der Waals surface area contributed by atoms with Gasteiger partial charge in [0.2, 0.25) is 0 Å². The monoisotopic (exact) mass is 1670 g/mol. The van der Waals surface area contributed by atoms with Gasteiger partial charge in [0.15, 0.2) is 69.8 Å². The van der Waals surface area contributed by atoms with E-state index in [0.717, 1.165) is 131 Å². The first-order valence-electron chi connectivity index (χ1n) is 47.6. The smallest absolute Gasteiger partial charge is 0.194 e. The molecule has 8 aromatic rings. The van der Waals surface area contributed by atoms with E-state index in [1.54, 1.807) is 0 Å². The zero-order valence-electron chi connectivity index (χ0n) is 72.6. The predicted molar refractivity (Wildman–Crippen MR) is 472 cm³/mol. The van der Waals surface area contributed by atoms with Gasteiger partial charge >= 0.3 is 0 Å². The first-order valence-corrected chi connectivity index (χ1v) is 47.6. The molecule has 8 fully saturated rings. The van der Waals surface area contributed by atoms with Gasteiger partial charge in [-0.2, -0.15) is 0 Å². The Morgan fingerprint density at radius 3 is 0.595 bits per heavy atom. The molecule has 8 aliphatic carbocycles. The summed E-state index contributed by atoms with van der Waals surface area (Å²) in [6.45, 7) is 9.26. The Morgan fingerprint density at radius 1 is 0.198 bits per heavy atom. The molecule has 8 saturated carbocycles. The van der Waals surface area contributed by atoms with Crippen LogP contribution in [0.5, 0.6) is 0 Å². The van der Waals surface area contributed by atoms with Crippen molar-refractivity contribution in [3.63, 3.8) is 0 Å². The van der Waals surface area contributed by atoms with Crippen molar-refractivity contribution in [2.24, 2.45) is 71.0 Å². The Labute approximate surface area is 716 Å². The lowest BCUT2D eigenvalue weighted by atomic mass is 9.68. The van der Waals surface area contributed by atoms with Crippen LogP contribution >= 0.6 is 0 Å². The topological polar surface area (TPSA) is 0 Å². The Kier molecular flexibility index (Phi) is 33.8. The van der Waals surface area contributed by atoms with Crippen molar-refractivity contribution in [2.75, 3.05) is 0 Å². The fourth-order valence-electron chi connectivity index (χ4n) is 23.6. The lowest BCUT2D eigenvalue weighted by molar-refractivity contribution is 0.155. The van der Waals surface area contributed by atoms with E-state index in [0.29, 0.717) is 57.1 Å². The predicted octanol–water partition coefficient (Wildman–Crippen LogP) is 35.0. The SMILES string of the molecule is CC1CCC(C2CCC(c3ccc(-c4cc(F)c(F)c(F)c4)cc3)CC2)CC1.CCCC1CCC(C2CCC(c3ccc(-c4cc(F)c(F)c(F)c4)cc3)CC2)CC1.CCCCC1CCC(C2CCC(c3ccc(-c4cc(F)c(F)c(F)c4)cc3)CC2)CC1.CCCCCC1CCC(C2CCC(c3ccc(-c4cc(F)c(F)c(F)c4)cc3)CC2)CC1. The molecule has 0 aromatic heterocycles. The van der Waals surface area contributed by atoms with Gasteiger partial charge < -0.3 is 0 Å². The van der Waals surface area contributed by atoms with Crippen LogP contribution < -0.4 is 0 Å². The van der Waals surface area contributed by atoms with Crippen molar-refractivity contribution in [1.29, 1.82) is 0 Å². The van der Waals surface area contributed by atoms with Gasteiger partial charge in [0.05, 0.1) is 0 Å². The number of unbranched alkanes of at least 4 members (excludes halogenated alkanes) is 3. The minimum atomic E-state index is -1.41. The molecule has 0 atom stereocenters. The summed E-state index contributed by atoms with van der Waals surface area (Å²) in [7, 11) is 0. The van der Waals surface area contributed by atoms with Crippen molar-refractivity contribution in [1.82, 2.24) is 0 Å². The van der Waals surface area contributed by atoms with E-state index < -0.39 is 69.8 Å². The molecule has 0 unspecified atom stereocenters. The van der Waals surface area contributed by atoms with Gasteiger partial charge in [-0.25, -0.2) is 52.7 Å². The summed E-state index contributed by atoms with van der Waals surface area (Å²) in [4.78, 5) is 0. The molecule has 8 aliphatic rings. The molecular formula is C109H134F12. The number of benzene rings is 8. The van der Waals surface area contributed by atoms with Crippen LogP contribution in [0.2, 0.25) is 0 Å². The molecule has 16 rings (SSSR count). The number of rotatable bonds is 21. The summed E-state index contributed by atoms with van der Waals surface area (Å²) in [5, 5.41) is 0. The van der Waals surface area contributed by atoms with Crippen molar-refractivity contribution < 1.29 is 52.7 Å². The Morgan fingerprint density at radius 2 is 0.388 bits per heavy atom. The quantitative estimate of drug-likeness (QED) is 0.0382. The highest BCUT2D eigenvalue weighted by atomic mass is 19.2. The van der Waals surface area contributed by atoms with E-state index in [2.05, 4.69) is 76.2 Å². The highest BCUT2D eigenvalue weighted by Gasteiger charge is 2.37. The van der Waals surface area contributed by atoms with E-state index >= 15 is 0 Å². The number of halogens is 12. The summed E-state index contributed by atoms with van der Waals surface area (Å²) < 4.78 is 161. The van der Waals surface area contributed by atoms with Crippen LogP contribution in [-0.2, 0) is 0 Å². The zero-order chi connectivity index (χ0) is 85.1. The first kappa shape index (κ1) is 91.6. The molecule has 0 bridgehead atoms. The van der Waals surface area contributed by atoms with Gasteiger partial charge in [0.1, 0.15) is 0 Å². The molecule has 12 heteroatoms. The van der Waals surface area contributed by atoms with Crippen LogP contribution in [0.1, 0.15) is 337 Å². The fourth-order valence-corrected chi connectivity index (χ4v) is 23.6. The van der Waals surface area contributed by atoms with Gasteiger partial charge in [-0.1, -0.05) is 234 Å². The molecule has 0 amide bonds. The largest absolute Gasteiger partial charge is 0.204 e. The lowest BCUT2D eigenvalue weighted by Crippen LogP contribution is -2.25. The summed E-state index contributed by atoms with van der Waals surface area (Å²) >= 11 is 0. The van der Waals surface area contributed by atoms with Crippen LogP contribution in [0.4, 0.5) is 52.7 Å². The maximum atomic E-state index is 13.6. The van der Waals surface area contributed by atoms with Crippen LogP contribution in [0, 0.1) is 141 Å². The molecule has 0 heterocycles. The Bertz CT molecular complexity index is 4370. The van der Waals surface area contributed by atoms with E-state index in [1.165, 1.54) is 286 Å². The van der Waals surface area contributed by atoms with Crippen LogP contribution in [0.25, 0.3) is 44.5 Å². The fraction of sp³-hybridized carbons (Fsp3) is 0.560. The molecule has 0 radical (unpaired) electrons. The molecule has 0 spiro atoms. The molecule has 0 saturated heterocycles. The van der Waals surface area contributed by atoms with Gasteiger partial charge in [0, 0.05) is 0 Å². The maximum Gasteiger partial charge on any atom is 0.194 e. The van der Waals surface area contributed by atoms with Crippen LogP contribution in [0.15, 0.2) is 146 Å². The molecule has 8 aromatic carbocycles. The molecule has 654 valence electrons. The van der Waals surface area contributed by atoms with Gasteiger partial charge in [0.25, 0.3) is 0 Å². The van der Waals surface area contributed by atoms with Gasteiger partial charge in [-0.05, 0) is 364 Å². The van der Waals surface area contributed by atoms with Crippen molar-refractivity contribution in [3.05, 3.63) is 238 Å². The first-order chi connectivity index (χ1) is 58.6. The van der Waals surface area contributed by atoms with E-state index in [1.807, 2.05) is 48.5 Å². The van der Waals surface area contributed by atoms with E-state index in [-0.39, 0.29) is 0 Å². The average Bonchev–Trinajstić information content (AvgIpc) is 0.825. The second kappa shape index (κ2) is 44.7. The minimum Gasteiger partial charge on any atom is -0.204 e. The molecular weight excluding hydrogens is 1540 g/mol. The average molecular weight is 1670 g/mol. The van der Waals surface area contributed by atoms with Crippen molar-refractivity contribution in [3.8, 4) is 44.5 Å². The van der Waals surface area contributed by atoms with Crippen LogP contribution in [-0.4, -0.2) is 0 Å². The minimum absolute atomic E-state index is 0.373. The third-order valence-electron chi connectivity index (χ3n) is 31.2. The number of hydrogen-bond donors (Lipinski definition) is 0. The molecule has 0 aliphatic heterocycles. The zero-order valence-corrected chi connectivity index (χ0v) is 72.6. The number of hydrogen-bond acceptors (Lipinski definition) is 0. The highest BCUT2D eigenvalue weighted by molar-refractivity contribution is 5.67. The third kappa shape index (κ3) is 24.8. The third-order valence-corrected chi connectivity index (χ3v) is 31.2. The molecule has 0 nitrogen and oxygen atoms in total. The van der Waals surface area contributed by atoms with E-state index in [4.69, 9.17) is 0 Å². The summed E-state index contributed by atoms with van der Waals surface area (Å²) in [6.07, 6.45) is 55.8.